The summed E-state index contributed by atoms with van der Waals surface area (Å²) in [6, 6.07) is 21.1. The Morgan fingerprint density at radius 3 is 1.55 bits per heavy atom. The van der Waals surface area contributed by atoms with Crippen molar-refractivity contribution in [1.82, 2.24) is 0 Å². The van der Waals surface area contributed by atoms with Crippen LogP contribution in [-0.2, 0) is 0 Å². The predicted octanol–water partition coefficient (Wildman–Crippen LogP) is 8.28. The van der Waals surface area contributed by atoms with Crippen LogP contribution in [0, 0.1) is 22.8 Å². The number of ether oxygens (including phenoxy) is 2. The minimum atomic E-state index is -4.89. The van der Waals surface area contributed by atoms with Gasteiger partial charge in [-0.1, -0.05) is 48.5 Å². The number of alkyl halides is 6. The molecular weight excluding hydrogens is 560 g/mol. The number of fused-ring (bicyclic) bond motifs is 3. The number of allylic oxidation sites excluding steroid dienone is 4. The molecule has 2 aliphatic rings. The quantitative estimate of drug-likeness (QED) is 0.182. The van der Waals surface area contributed by atoms with E-state index in [1.165, 1.54) is 24.3 Å². The third-order valence-corrected chi connectivity index (χ3v) is 6.84. The lowest BCUT2D eigenvalue weighted by atomic mass is 9.91. The van der Waals surface area contributed by atoms with Gasteiger partial charge in [0.15, 0.2) is 0 Å². The molecule has 0 fully saturated rings. The molecule has 0 heterocycles. The van der Waals surface area contributed by atoms with Gasteiger partial charge in [0.2, 0.25) is 6.19 Å². The van der Waals surface area contributed by atoms with Crippen molar-refractivity contribution in [3.05, 3.63) is 107 Å². The van der Waals surface area contributed by atoms with E-state index in [1.54, 1.807) is 30.5 Å². The zero-order valence-corrected chi connectivity index (χ0v) is 20.9. The number of hydrogen-bond donors (Lipinski definition) is 0. The second-order valence-electron chi connectivity index (χ2n) is 9.21. The van der Waals surface area contributed by atoms with Gasteiger partial charge in [-0.05, 0) is 58.0 Å². The van der Waals surface area contributed by atoms with Crippen LogP contribution in [0.3, 0.4) is 0 Å². The topological polar surface area (TPSA) is 78.4 Å². The Morgan fingerprint density at radius 2 is 1.10 bits per heavy atom. The molecule has 11 heteroatoms. The maximum Gasteiger partial charge on any atom is 0.573 e. The molecule has 42 heavy (non-hydrogen) atoms. The molecule has 4 aromatic carbocycles. The van der Waals surface area contributed by atoms with Crippen molar-refractivity contribution >= 4 is 38.8 Å². The molecule has 0 bridgehead atoms. The minimum absolute atomic E-state index is 0.184. The van der Waals surface area contributed by atoms with Crippen molar-refractivity contribution in [2.24, 2.45) is 4.99 Å². The van der Waals surface area contributed by atoms with Gasteiger partial charge in [0, 0.05) is 27.7 Å². The number of nitriles is 2. The highest BCUT2D eigenvalue weighted by Gasteiger charge is 2.40. The monoisotopic (exact) mass is 573 g/mol. The van der Waals surface area contributed by atoms with Gasteiger partial charge in [-0.3, -0.25) is 0 Å². The highest BCUT2D eigenvalue weighted by Crippen LogP contribution is 2.57. The molecule has 2 aliphatic carbocycles. The molecule has 0 atom stereocenters. The Balaban J connectivity index is 1.62. The molecule has 0 radical (unpaired) electrons. The van der Waals surface area contributed by atoms with E-state index in [0.717, 1.165) is 29.7 Å². The van der Waals surface area contributed by atoms with Crippen LogP contribution in [0.1, 0.15) is 27.8 Å². The Labute approximate surface area is 233 Å². The van der Waals surface area contributed by atoms with Gasteiger partial charge in [0.25, 0.3) is 0 Å². The second-order valence-corrected chi connectivity index (χ2v) is 9.21. The first kappa shape index (κ1) is 26.7. The summed E-state index contributed by atoms with van der Waals surface area (Å²) in [6.07, 6.45) is -8.01. The van der Waals surface area contributed by atoms with Crippen LogP contribution < -0.4 is 9.47 Å². The van der Waals surface area contributed by atoms with Gasteiger partial charge in [0.1, 0.15) is 11.5 Å². The van der Waals surface area contributed by atoms with Crippen LogP contribution >= 0.6 is 0 Å². The lowest BCUT2D eigenvalue weighted by Gasteiger charge is -2.14. The fourth-order valence-corrected chi connectivity index (χ4v) is 5.44. The molecule has 4 aromatic rings. The summed E-state index contributed by atoms with van der Waals surface area (Å²) in [4.78, 5) is 4.09. The van der Waals surface area contributed by atoms with Crippen LogP contribution in [-0.4, -0.2) is 18.4 Å². The predicted molar refractivity (Wildman–Crippen MR) is 142 cm³/mol. The van der Waals surface area contributed by atoms with Gasteiger partial charge in [-0.2, -0.15) is 15.5 Å². The Hall–Kier alpha value is -5.55. The first-order chi connectivity index (χ1) is 20.0. The number of halogens is 6. The zero-order chi connectivity index (χ0) is 29.8. The van der Waals surface area contributed by atoms with E-state index in [4.69, 9.17) is 0 Å². The van der Waals surface area contributed by atoms with Gasteiger partial charge in [-0.25, -0.2) is 0 Å². The molecule has 206 valence electrons. The Morgan fingerprint density at radius 1 is 0.595 bits per heavy atom. The molecule has 0 saturated carbocycles. The van der Waals surface area contributed by atoms with E-state index in [-0.39, 0.29) is 5.71 Å². The van der Waals surface area contributed by atoms with Crippen molar-refractivity contribution in [3.63, 3.8) is 0 Å². The van der Waals surface area contributed by atoms with Crippen molar-refractivity contribution in [2.75, 3.05) is 0 Å². The first-order valence-corrected chi connectivity index (χ1v) is 12.1. The van der Waals surface area contributed by atoms with Gasteiger partial charge in [-0.15, -0.1) is 26.3 Å². The molecule has 0 unspecified atom stereocenters. The highest BCUT2D eigenvalue weighted by molar-refractivity contribution is 6.63. The molecule has 0 spiro atoms. The molecule has 0 saturated heterocycles. The van der Waals surface area contributed by atoms with Crippen LogP contribution in [0.25, 0.3) is 33.1 Å². The summed E-state index contributed by atoms with van der Waals surface area (Å²) in [5.74, 6) is -0.893. The lowest BCUT2D eigenvalue weighted by Crippen LogP contribution is -2.17. The molecule has 0 N–H and O–H groups in total. The number of hydrogen-bond acceptors (Lipinski definition) is 5. The molecule has 5 nitrogen and oxygen atoms in total. The van der Waals surface area contributed by atoms with E-state index < -0.39 is 24.2 Å². The summed E-state index contributed by atoms with van der Waals surface area (Å²) in [7, 11) is 0. The molecule has 0 aliphatic heterocycles. The third kappa shape index (κ3) is 4.51. The van der Waals surface area contributed by atoms with E-state index in [0.29, 0.717) is 55.5 Å². The summed E-state index contributed by atoms with van der Waals surface area (Å²) in [5.41, 5.74) is 4.96. The maximum atomic E-state index is 12.8. The molecular formula is C31H13F6N3O2. The largest absolute Gasteiger partial charge is 0.573 e. The summed E-state index contributed by atoms with van der Waals surface area (Å²) < 4.78 is 84.8. The van der Waals surface area contributed by atoms with E-state index in [9.17, 15) is 36.9 Å². The number of aliphatic imine (C=N–C) groups is 1. The fraction of sp³-hybridized carbons (Fsp3) is 0.0645. The average molecular weight is 573 g/mol. The molecule has 0 amide bonds. The maximum absolute atomic E-state index is 12.8. The van der Waals surface area contributed by atoms with Gasteiger partial charge in [0.05, 0.1) is 17.3 Å². The Bertz CT molecular complexity index is 1860. The minimum Gasteiger partial charge on any atom is -0.406 e. The zero-order valence-electron chi connectivity index (χ0n) is 20.9. The van der Waals surface area contributed by atoms with Crippen LogP contribution in [0.4, 0.5) is 26.3 Å². The van der Waals surface area contributed by atoms with E-state index >= 15 is 0 Å². The van der Waals surface area contributed by atoms with Gasteiger partial charge >= 0.3 is 12.7 Å². The van der Waals surface area contributed by atoms with Crippen LogP contribution in [0.2, 0.25) is 0 Å². The molecule has 0 aromatic heterocycles. The SMILES string of the molecule is N#CN=C1C(c2ccc(OC(F)(F)F)cc2)=C2C(=C1c1ccc(OC(F)(F)F)cc1)c1ccc(C#N)c3cccc2c13. The van der Waals surface area contributed by atoms with Crippen molar-refractivity contribution < 1.29 is 35.8 Å². The molecule has 6 rings (SSSR count). The number of nitrogens with zero attached hydrogens (tertiary/aromatic N) is 3. The highest BCUT2D eigenvalue weighted by atomic mass is 19.4. The van der Waals surface area contributed by atoms with Crippen LogP contribution in [0.15, 0.2) is 83.9 Å². The van der Waals surface area contributed by atoms with Crippen molar-refractivity contribution in [2.45, 2.75) is 12.7 Å². The number of benzene rings is 4. The van der Waals surface area contributed by atoms with E-state index in [1.807, 2.05) is 6.07 Å². The number of rotatable bonds is 4. The van der Waals surface area contributed by atoms with E-state index in [2.05, 4.69) is 20.5 Å². The normalized spacial score (nSPS) is 15.2. The first-order valence-electron chi connectivity index (χ1n) is 12.1. The third-order valence-electron chi connectivity index (χ3n) is 6.84. The van der Waals surface area contributed by atoms with Crippen molar-refractivity contribution in [1.29, 1.82) is 10.5 Å². The summed E-state index contributed by atoms with van der Waals surface area (Å²) in [5, 5.41) is 20.8. The van der Waals surface area contributed by atoms with Crippen molar-refractivity contribution in [3.8, 4) is 23.8 Å². The van der Waals surface area contributed by atoms with Gasteiger partial charge < -0.3 is 9.47 Å². The smallest absolute Gasteiger partial charge is 0.406 e. The summed E-state index contributed by atoms with van der Waals surface area (Å²) >= 11 is 0. The van der Waals surface area contributed by atoms with Crippen LogP contribution in [0.5, 0.6) is 11.5 Å². The summed E-state index contributed by atoms with van der Waals surface area (Å²) in [6.45, 7) is 0. The standard InChI is InChI=1S/C31H13F6N3O2/c32-30(33,34)41-19-9-4-16(5-10-19)24-27-22-3-1-2-21-18(14-38)8-13-23(26(21)22)28(27)25(29(24)40-15-39)17-6-11-20(12-7-17)42-31(35,36)37/h1-13H. The second kappa shape index (κ2) is 9.53. The lowest BCUT2D eigenvalue weighted by molar-refractivity contribution is -0.275. The Kier molecular flexibility index (Phi) is 6.05. The fourth-order valence-electron chi connectivity index (χ4n) is 5.44. The average Bonchev–Trinajstić information content (AvgIpc) is 3.42.